The van der Waals surface area contributed by atoms with Crippen molar-refractivity contribution in [2.75, 3.05) is 0 Å². The second-order valence-corrected chi connectivity index (χ2v) is 9.22. The van der Waals surface area contributed by atoms with Gasteiger partial charge in [0, 0.05) is 24.8 Å². The number of carbonyl (C=O) groups is 1. The lowest BCUT2D eigenvalue weighted by atomic mass is 9.84. The zero-order chi connectivity index (χ0) is 22.8. The Labute approximate surface area is 183 Å². The molecule has 0 spiro atoms. The number of aromatic nitrogens is 5. The van der Waals surface area contributed by atoms with Gasteiger partial charge in [0.1, 0.15) is 5.56 Å². The van der Waals surface area contributed by atoms with Gasteiger partial charge in [-0.05, 0) is 56.9 Å². The molecule has 1 amide bonds. The molecule has 2 bridgehead atoms. The fourth-order valence-electron chi connectivity index (χ4n) is 5.61. The average molecular weight is 446 g/mol. The van der Waals surface area contributed by atoms with Crippen molar-refractivity contribution in [3.63, 3.8) is 0 Å². The van der Waals surface area contributed by atoms with Crippen molar-refractivity contribution in [2.45, 2.75) is 51.7 Å². The molecule has 0 saturated heterocycles. The summed E-state index contributed by atoms with van der Waals surface area (Å²) in [7, 11) is 1.69. The molecule has 3 aromatic heterocycles. The van der Waals surface area contributed by atoms with Crippen LogP contribution in [0.3, 0.4) is 0 Å². The Morgan fingerprint density at radius 2 is 2.06 bits per heavy atom. The highest BCUT2D eigenvalue weighted by molar-refractivity contribution is 6.00. The lowest BCUT2D eigenvalue weighted by Crippen LogP contribution is -2.40. The van der Waals surface area contributed by atoms with Crippen LogP contribution >= 0.6 is 0 Å². The van der Waals surface area contributed by atoms with E-state index in [9.17, 15) is 18.0 Å². The highest BCUT2D eigenvalue weighted by atomic mass is 19.4. The summed E-state index contributed by atoms with van der Waals surface area (Å²) in [6.45, 7) is 3.68. The Kier molecular flexibility index (Phi) is 4.79. The van der Waals surface area contributed by atoms with Crippen molar-refractivity contribution < 1.29 is 18.0 Å². The Morgan fingerprint density at radius 1 is 1.28 bits per heavy atom. The molecule has 0 aromatic carbocycles. The van der Waals surface area contributed by atoms with E-state index >= 15 is 0 Å². The van der Waals surface area contributed by atoms with Gasteiger partial charge in [-0.25, -0.2) is 9.50 Å². The number of hydrogen-bond acceptors (Lipinski definition) is 4. The molecule has 10 heteroatoms. The van der Waals surface area contributed by atoms with Crippen LogP contribution in [-0.2, 0) is 13.2 Å². The fraction of sp³-hybridized carbons (Fsp3) is 0.545. The molecule has 0 radical (unpaired) electrons. The number of aryl methyl sites for hydroxylation is 2. The van der Waals surface area contributed by atoms with Crippen molar-refractivity contribution >= 4 is 11.6 Å². The first-order chi connectivity index (χ1) is 15.1. The average Bonchev–Trinajstić information content (AvgIpc) is 3.49. The Hall–Kier alpha value is -2.91. The smallest absolute Gasteiger partial charge is 0.349 e. The van der Waals surface area contributed by atoms with Crippen LogP contribution in [0.2, 0.25) is 0 Å². The first kappa shape index (κ1) is 21.0. The van der Waals surface area contributed by atoms with Gasteiger partial charge in [0.25, 0.3) is 5.91 Å². The molecule has 0 aliphatic heterocycles. The van der Waals surface area contributed by atoms with E-state index in [1.54, 1.807) is 20.2 Å². The van der Waals surface area contributed by atoms with Crippen LogP contribution in [0.4, 0.5) is 13.2 Å². The largest absolute Gasteiger partial charge is 0.433 e. The molecule has 7 nitrogen and oxygen atoms in total. The fourth-order valence-corrected chi connectivity index (χ4v) is 5.61. The molecule has 2 fully saturated rings. The number of fused-ring (bicyclic) bond motifs is 3. The summed E-state index contributed by atoms with van der Waals surface area (Å²) in [5.74, 6) is 1.32. The standard InChI is InChI=1S/C22H25F3N6O/c1-11(15-7-13-4-5-14(15)6-13)27-21(32)16-9-26-31-19(22(23,24)25)8-18(28-20(16)31)17-10-30(3)29-12(17)2/h8-11,13-15H,4-7H2,1-3H3,(H,27,32)/t11-,13+,14+,15-/m1/s1. The van der Waals surface area contributed by atoms with Crippen LogP contribution in [0.5, 0.6) is 0 Å². The zero-order valence-corrected chi connectivity index (χ0v) is 18.1. The van der Waals surface area contributed by atoms with E-state index in [2.05, 4.69) is 20.5 Å². The summed E-state index contributed by atoms with van der Waals surface area (Å²) in [6.07, 6.45) is 2.88. The SMILES string of the molecule is Cc1nn(C)cc1-c1cc(C(F)(F)F)n2ncc(C(=O)N[C@H](C)[C@H]3C[C@H]4CC[C@H]3C4)c2n1. The van der Waals surface area contributed by atoms with Crippen LogP contribution in [-0.4, -0.2) is 36.3 Å². The Morgan fingerprint density at radius 3 is 2.66 bits per heavy atom. The maximum Gasteiger partial charge on any atom is 0.433 e. The van der Waals surface area contributed by atoms with Crippen LogP contribution < -0.4 is 5.32 Å². The lowest BCUT2D eigenvalue weighted by molar-refractivity contribution is -0.142. The van der Waals surface area contributed by atoms with Crippen LogP contribution in [0.25, 0.3) is 16.9 Å². The van der Waals surface area contributed by atoms with Gasteiger partial charge in [-0.2, -0.15) is 23.4 Å². The minimum atomic E-state index is -4.66. The molecule has 1 N–H and O–H groups in total. The highest BCUT2D eigenvalue weighted by Crippen LogP contribution is 2.49. The van der Waals surface area contributed by atoms with Crippen LogP contribution in [0, 0.1) is 24.7 Å². The van der Waals surface area contributed by atoms with Gasteiger partial charge in [-0.15, -0.1) is 0 Å². The predicted octanol–water partition coefficient (Wildman–Crippen LogP) is 4.01. The monoisotopic (exact) mass is 446 g/mol. The van der Waals surface area contributed by atoms with Gasteiger partial charge >= 0.3 is 6.18 Å². The first-order valence-electron chi connectivity index (χ1n) is 10.9. The number of halogens is 3. The highest BCUT2D eigenvalue weighted by Gasteiger charge is 2.42. The zero-order valence-electron chi connectivity index (χ0n) is 18.1. The van der Waals surface area contributed by atoms with E-state index in [1.807, 2.05) is 6.92 Å². The summed E-state index contributed by atoms with van der Waals surface area (Å²) in [6, 6.07) is 0.891. The van der Waals surface area contributed by atoms with Gasteiger partial charge in [-0.3, -0.25) is 9.48 Å². The minimum Gasteiger partial charge on any atom is -0.349 e. The maximum absolute atomic E-state index is 13.8. The normalized spacial score (nSPS) is 23.8. The Balaban J connectivity index is 1.53. The topological polar surface area (TPSA) is 77.1 Å². The number of alkyl halides is 3. The maximum atomic E-state index is 13.8. The summed E-state index contributed by atoms with van der Waals surface area (Å²) < 4.78 is 43.7. The van der Waals surface area contributed by atoms with Gasteiger partial charge in [0.2, 0.25) is 0 Å². The van der Waals surface area contributed by atoms with E-state index in [0.29, 0.717) is 27.6 Å². The van der Waals surface area contributed by atoms with Gasteiger partial charge < -0.3 is 5.32 Å². The number of nitrogens with zero attached hydrogens (tertiary/aromatic N) is 5. The number of rotatable bonds is 4. The number of carbonyl (C=O) groups excluding carboxylic acids is 1. The van der Waals surface area contributed by atoms with Crippen molar-refractivity contribution in [2.24, 2.45) is 24.8 Å². The molecule has 0 unspecified atom stereocenters. The van der Waals surface area contributed by atoms with Crippen LogP contribution in [0.15, 0.2) is 18.5 Å². The summed E-state index contributed by atoms with van der Waals surface area (Å²) in [5, 5.41) is 11.1. The van der Waals surface area contributed by atoms with Crippen molar-refractivity contribution in [3.8, 4) is 11.3 Å². The van der Waals surface area contributed by atoms with Gasteiger partial charge in [0.05, 0.1) is 17.6 Å². The van der Waals surface area contributed by atoms with Crippen molar-refractivity contribution in [1.29, 1.82) is 0 Å². The van der Waals surface area contributed by atoms with Crippen molar-refractivity contribution in [1.82, 2.24) is 29.7 Å². The lowest BCUT2D eigenvalue weighted by Gasteiger charge is -2.28. The molecule has 2 aliphatic rings. The molecular formula is C22H25F3N6O. The second kappa shape index (κ2) is 7.31. The third kappa shape index (κ3) is 3.45. The molecule has 4 atom stereocenters. The molecule has 3 aromatic rings. The molecule has 32 heavy (non-hydrogen) atoms. The van der Waals surface area contributed by atoms with E-state index in [1.165, 1.54) is 30.1 Å². The molecule has 3 heterocycles. The van der Waals surface area contributed by atoms with E-state index in [0.717, 1.165) is 18.4 Å². The predicted molar refractivity (Wildman–Crippen MR) is 111 cm³/mol. The van der Waals surface area contributed by atoms with E-state index < -0.39 is 17.8 Å². The van der Waals surface area contributed by atoms with Crippen LogP contribution in [0.1, 0.15) is 54.4 Å². The minimum absolute atomic E-state index is 0.0360. The molecule has 5 rings (SSSR count). The third-order valence-electron chi connectivity index (χ3n) is 7.09. The second-order valence-electron chi connectivity index (χ2n) is 9.22. The molecule has 170 valence electrons. The van der Waals surface area contributed by atoms with Crippen molar-refractivity contribution in [3.05, 3.63) is 35.4 Å². The number of nitrogens with one attached hydrogen (secondary N) is 1. The summed E-state index contributed by atoms with van der Waals surface area (Å²) >= 11 is 0. The van der Waals surface area contributed by atoms with E-state index in [4.69, 9.17) is 0 Å². The molecule has 2 saturated carbocycles. The summed E-state index contributed by atoms with van der Waals surface area (Å²) in [5.41, 5.74) is 0.0630. The van der Waals surface area contributed by atoms with Gasteiger partial charge in [0.15, 0.2) is 11.3 Å². The van der Waals surface area contributed by atoms with E-state index in [-0.39, 0.29) is 22.9 Å². The first-order valence-corrected chi connectivity index (χ1v) is 10.9. The number of amides is 1. The number of hydrogen-bond donors (Lipinski definition) is 1. The quantitative estimate of drug-likeness (QED) is 0.657. The van der Waals surface area contributed by atoms with Gasteiger partial charge in [-0.1, -0.05) is 6.42 Å². The summed E-state index contributed by atoms with van der Waals surface area (Å²) in [4.78, 5) is 17.5. The third-order valence-corrected chi connectivity index (χ3v) is 7.09. The molecule has 2 aliphatic carbocycles. The molecular weight excluding hydrogens is 421 g/mol. The Bertz CT molecular complexity index is 1200.